The summed E-state index contributed by atoms with van der Waals surface area (Å²) in [5, 5.41) is 0. The lowest BCUT2D eigenvalue weighted by atomic mass is 10.1. The molecule has 0 aliphatic rings. The van der Waals surface area contributed by atoms with Gasteiger partial charge in [-0.05, 0) is 27.2 Å². The highest BCUT2D eigenvalue weighted by atomic mass is 16.7. The minimum Gasteiger partial charge on any atom is -0.463 e. The fraction of sp³-hybridized carbons (Fsp3) is 0.800. The van der Waals surface area contributed by atoms with Crippen LogP contribution in [0.4, 0.5) is 4.79 Å². The Labute approximate surface area is 89.7 Å². The Morgan fingerprint density at radius 3 is 2.20 bits per heavy atom. The molecule has 0 saturated carbocycles. The van der Waals surface area contributed by atoms with E-state index in [1.807, 2.05) is 6.92 Å². The van der Waals surface area contributed by atoms with Crippen molar-refractivity contribution in [1.82, 2.24) is 0 Å². The molecule has 0 unspecified atom stereocenters. The minimum absolute atomic E-state index is 0.207. The summed E-state index contributed by atoms with van der Waals surface area (Å²) in [4.78, 5) is 22.4. The summed E-state index contributed by atoms with van der Waals surface area (Å²) in [5.74, 6) is -0.572. The molecule has 0 aliphatic heterocycles. The summed E-state index contributed by atoms with van der Waals surface area (Å²) in [6, 6.07) is 0. The third-order valence-corrected chi connectivity index (χ3v) is 1.53. The van der Waals surface area contributed by atoms with Gasteiger partial charge >= 0.3 is 12.1 Å². The second-order valence-electron chi connectivity index (χ2n) is 3.43. The topological polar surface area (TPSA) is 61.8 Å². The van der Waals surface area contributed by atoms with E-state index in [4.69, 9.17) is 9.47 Å². The molecule has 5 heteroatoms. The van der Waals surface area contributed by atoms with Gasteiger partial charge in [-0.3, -0.25) is 0 Å². The van der Waals surface area contributed by atoms with Crippen LogP contribution in [-0.4, -0.2) is 30.9 Å². The third-order valence-electron chi connectivity index (χ3n) is 1.53. The Balaban J connectivity index is 4.15. The Morgan fingerprint density at radius 1 is 1.13 bits per heavy atom. The molecule has 0 aromatic rings. The monoisotopic (exact) mass is 218 g/mol. The van der Waals surface area contributed by atoms with Crippen molar-refractivity contribution in [1.29, 1.82) is 0 Å². The van der Waals surface area contributed by atoms with Crippen molar-refractivity contribution in [2.24, 2.45) is 0 Å². The summed E-state index contributed by atoms with van der Waals surface area (Å²) in [6.45, 7) is 6.98. The standard InChI is InChI=1S/C10H18O5/c1-5-7-14-8(11)10(3,4)15-9(12)13-6-2/h5-7H2,1-4H3. The number of carbonyl (C=O) groups excluding carboxylic acids is 2. The molecule has 0 saturated heterocycles. The summed E-state index contributed by atoms with van der Waals surface area (Å²) in [6.07, 6.45) is -0.141. The quantitative estimate of drug-likeness (QED) is 0.659. The number of hydrogen-bond donors (Lipinski definition) is 0. The highest BCUT2D eigenvalue weighted by molar-refractivity contribution is 5.81. The van der Waals surface area contributed by atoms with E-state index in [0.717, 1.165) is 6.42 Å². The van der Waals surface area contributed by atoms with Crippen LogP contribution in [0.25, 0.3) is 0 Å². The zero-order valence-corrected chi connectivity index (χ0v) is 9.66. The largest absolute Gasteiger partial charge is 0.509 e. The summed E-state index contributed by atoms with van der Waals surface area (Å²) in [7, 11) is 0. The molecule has 0 heterocycles. The van der Waals surface area contributed by atoms with Crippen LogP contribution in [0.15, 0.2) is 0 Å². The number of carbonyl (C=O) groups is 2. The van der Waals surface area contributed by atoms with Gasteiger partial charge in [-0.2, -0.15) is 0 Å². The maximum Gasteiger partial charge on any atom is 0.509 e. The van der Waals surface area contributed by atoms with Gasteiger partial charge in [0.1, 0.15) is 0 Å². The van der Waals surface area contributed by atoms with Gasteiger partial charge in [0, 0.05) is 0 Å². The normalized spacial score (nSPS) is 10.7. The molecule has 0 rings (SSSR count). The zero-order chi connectivity index (χ0) is 11.9. The van der Waals surface area contributed by atoms with E-state index in [2.05, 4.69) is 4.74 Å². The Kier molecular flexibility index (Phi) is 5.74. The van der Waals surface area contributed by atoms with Crippen LogP contribution < -0.4 is 0 Å². The Hall–Kier alpha value is -1.26. The highest BCUT2D eigenvalue weighted by Gasteiger charge is 2.34. The number of hydrogen-bond acceptors (Lipinski definition) is 5. The first-order valence-corrected chi connectivity index (χ1v) is 4.97. The zero-order valence-electron chi connectivity index (χ0n) is 9.66. The SMILES string of the molecule is CCCOC(=O)C(C)(C)OC(=O)OCC. The molecule has 88 valence electrons. The van der Waals surface area contributed by atoms with Crippen molar-refractivity contribution >= 4 is 12.1 Å². The molecule has 0 aliphatic carbocycles. The molecule has 0 amide bonds. The average Bonchev–Trinajstić information content (AvgIpc) is 2.13. The van der Waals surface area contributed by atoms with Crippen molar-refractivity contribution in [2.45, 2.75) is 39.7 Å². The second kappa shape index (κ2) is 6.27. The van der Waals surface area contributed by atoms with Crippen LogP contribution in [0, 0.1) is 0 Å². The Bertz CT molecular complexity index is 222. The Morgan fingerprint density at radius 2 is 1.73 bits per heavy atom. The van der Waals surface area contributed by atoms with E-state index in [9.17, 15) is 9.59 Å². The predicted octanol–water partition coefficient (Wildman–Crippen LogP) is 1.89. The van der Waals surface area contributed by atoms with Gasteiger partial charge in [-0.15, -0.1) is 0 Å². The number of esters is 1. The van der Waals surface area contributed by atoms with Gasteiger partial charge in [-0.1, -0.05) is 6.92 Å². The van der Waals surface area contributed by atoms with Gasteiger partial charge in [0.2, 0.25) is 5.60 Å². The van der Waals surface area contributed by atoms with Crippen molar-refractivity contribution in [2.75, 3.05) is 13.2 Å². The van der Waals surface area contributed by atoms with E-state index in [1.54, 1.807) is 6.92 Å². The van der Waals surface area contributed by atoms with Crippen LogP contribution in [0.1, 0.15) is 34.1 Å². The lowest BCUT2D eigenvalue weighted by Crippen LogP contribution is -2.39. The van der Waals surface area contributed by atoms with Crippen LogP contribution in [0.3, 0.4) is 0 Å². The van der Waals surface area contributed by atoms with Crippen molar-refractivity contribution in [3.63, 3.8) is 0 Å². The maximum absolute atomic E-state index is 11.4. The smallest absolute Gasteiger partial charge is 0.463 e. The number of rotatable bonds is 5. The van der Waals surface area contributed by atoms with Gasteiger partial charge < -0.3 is 14.2 Å². The fourth-order valence-electron chi connectivity index (χ4n) is 0.766. The van der Waals surface area contributed by atoms with Crippen molar-refractivity contribution in [3.8, 4) is 0 Å². The lowest BCUT2D eigenvalue weighted by Gasteiger charge is -2.22. The van der Waals surface area contributed by atoms with Gasteiger partial charge in [0.05, 0.1) is 13.2 Å². The van der Waals surface area contributed by atoms with Crippen LogP contribution in [0.2, 0.25) is 0 Å². The molecule has 15 heavy (non-hydrogen) atoms. The van der Waals surface area contributed by atoms with Crippen LogP contribution >= 0.6 is 0 Å². The average molecular weight is 218 g/mol. The molecule has 0 bridgehead atoms. The predicted molar refractivity (Wildman–Crippen MR) is 53.4 cm³/mol. The summed E-state index contributed by atoms with van der Waals surface area (Å²) < 4.78 is 14.2. The first-order valence-electron chi connectivity index (χ1n) is 4.97. The van der Waals surface area contributed by atoms with Gasteiger partial charge in [0.25, 0.3) is 0 Å². The van der Waals surface area contributed by atoms with E-state index in [1.165, 1.54) is 13.8 Å². The van der Waals surface area contributed by atoms with Crippen LogP contribution in [-0.2, 0) is 19.0 Å². The molecule has 0 spiro atoms. The van der Waals surface area contributed by atoms with Crippen LogP contribution in [0.5, 0.6) is 0 Å². The molecule has 0 aromatic heterocycles. The molecule has 5 nitrogen and oxygen atoms in total. The second-order valence-corrected chi connectivity index (χ2v) is 3.43. The molecule has 0 aromatic carbocycles. The minimum atomic E-state index is -1.30. The molecule has 0 fully saturated rings. The third kappa shape index (κ3) is 5.24. The van der Waals surface area contributed by atoms with E-state index < -0.39 is 17.7 Å². The first-order chi connectivity index (χ1) is 6.94. The van der Waals surface area contributed by atoms with Crippen molar-refractivity contribution in [3.05, 3.63) is 0 Å². The van der Waals surface area contributed by atoms with Gasteiger partial charge in [-0.25, -0.2) is 9.59 Å². The lowest BCUT2D eigenvalue weighted by molar-refractivity contribution is -0.164. The fourth-order valence-corrected chi connectivity index (χ4v) is 0.766. The van der Waals surface area contributed by atoms with E-state index in [0.29, 0.717) is 6.61 Å². The molecule has 0 atom stereocenters. The van der Waals surface area contributed by atoms with Gasteiger partial charge in [0.15, 0.2) is 0 Å². The summed E-state index contributed by atoms with van der Waals surface area (Å²) in [5.41, 5.74) is -1.30. The molecule has 0 radical (unpaired) electrons. The summed E-state index contributed by atoms with van der Waals surface area (Å²) >= 11 is 0. The molecular formula is C10H18O5. The molecule has 0 N–H and O–H groups in total. The first kappa shape index (κ1) is 13.7. The number of ether oxygens (including phenoxy) is 3. The van der Waals surface area contributed by atoms with E-state index >= 15 is 0 Å². The highest BCUT2D eigenvalue weighted by Crippen LogP contribution is 2.13. The molecular weight excluding hydrogens is 200 g/mol. The van der Waals surface area contributed by atoms with E-state index in [-0.39, 0.29) is 6.61 Å². The maximum atomic E-state index is 11.4. The van der Waals surface area contributed by atoms with Crippen molar-refractivity contribution < 1.29 is 23.8 Å².